The van der Waals surface area contributed by atoms with Gasteiger partial charge in [0.25, 0.3) is 0 Å². The predicted molar refractivity (Wildman–Crippen MR) is 85.4 cm³/mol. The minimum absolute atomic E-state index is 0.00181. The molecule has 0 spiro atoms. The molecule has 25 heavy (non-hydrogen) atoms. The lowest BCUT2D eigenvalue weighted by Crippen LogP contribution is -2.41. The third-order valence-corrected chi connectivity index (χ3v) is 5.00. The van der Waals surface area contributed by atoms with E-state index in [1.54, 1.807) is 0 Å². The first-order valence-electron chi connectivity index (χ1n) is 8.51. The van der Waals surface area contributed by atoms with Gasteiger partial charge in [0, 0.05) is 18.9 Å². The molecule has 1 aliphatic carbocycles. The summed E-state index contributed by atoms with van der Waals surface area (Å²) in [6, 6.07) is -0.121. The highest BCUT2D eigenvalue weighted by atomic mass is 35.5. The third kappa shape index (κ3) is 4.28. The molecule has 0 unspecified atom stereocenters. The van der Waals surface area contributed by atoms with Gasteiger partial charge in [-0.05, 0) is 32.6 Å². The van der Waals surface area contributed by atoms with E-state index < -0.39 is 11.9 Å². The molecule has 1 amide bonds. The van der Waals surface area contributed by atoms with Gasteiger partial charge in [-0.3, -0.25) is 9.48 Å². The number of carbonyl (C=O) groups is 1. The molecular weight excluding hydrogens is 359 g/mol. The largest absolute Gasteiger partial charge is 0.436 e. The van der Waals surface area contributed by atoms with E-state index in [9.17, 15) is 18.0 Å². The number of nitrogens with zero attached hydrogens (tertiary/aromatic N) is 2. The molecule has 2 heterocycles. The Bertz CT molecular complexity index is 637. The van der Waals surface area contributed by atoms with Crippen LogP contribution in [0.3, 0.4) is 0 Å². The molecule has 1 saturated heterocycles. The van der Waals surface area contributed by atoms with E-state index in [1.807, 2.05) is 6.92 Å². The summed E-state index contributed by atoms with van der Waals surface area (Å²) in [6.45, 7) is 2.64. The number of aryl methyl sites for hydroxylation is 1. The molecule has 3 rings (SSSR count). The van der Waals surface area contributed by atoms with Crippen LogP contribution in [-0.2, 0) is 22.3 Å². The van der Waals surface area contributed by atoms with Gasteiger partial charge < -0.3 is 10.1 Å². The maximum atomic E-state index is 13.0. The summed E-state index contributed by atoms with van der Waals surface area (Å²) in [4.78, 5) is 12.1. The molecule has 140 valence electrons. The Morgan fingerprint density at radius 3 is 2.72 bits per heavy atom. The Labute approximate surface area is 148 Å². The second-order valence-corrected chi connectivity index (χ2v) is 7.08. The summed E-state index contributed by atoms with van der Waals surface area (Å²) in [6.07, 6.45) is -1.08. The SMILES string of the molecule is C[C@@H](NC(=O)CCn1nc(C(F)(F)F)c(Cl)c1C1CC1)[C@@H]1CCCO1. The Balaban J connectivity index is 1.63. The van der Waals surface area contributed by atoms with E-state index >= 15 is 0 Å². The van der Waals surface area contributed by atoms with Crippen molar-refractivity contribution in [2.24, 2.45) is 0 Å². The van der Waals surface area contributed by atoms with Crippen LogP contribution in [-0.4, -0.2) is 34.4 Å². The topological polar surface area (TPSA) is 56.2 Å². The van der Waals surface area contributed by atoms with Crippen LogP contribution >= 0.6 is 11.6 Å². The fraction of sp³-hybridized carbons (Fsp3) is 0.750. The second-order valence-electron chi connectivity index (χ2n) is 6.70. The van der Waals surface area contributed by atoms with Crippen molar-refractivity contribution in [2.75, 3.05) is 6.61 Å². The normalized spacial score (nSPS) is 22.2. The van der Waals surface area contributed by atoms with Crippen LogP contribution in [0.2, 0.25) is 5.02 Å². The van der Waals surface area contributed by atoms with Crippen molar-refractivity contribution in [1.82, 2.24) is 15.1 Å². The summed E-state index contributed by atoms with van der Waals surface area (Å²) >= 11 is 5.91. The molecule has 1 aliphatic heterocycles. The van der Waals surface area contributed by atoms with Gasteiger partial charge in [-0.25, -0.2) is 0 Å². The monoisotopic (exact) mass is 379 g/mol. The highest BCUT2D eigenvalue weighted by Gasteiger charge is 2.42. The van der Waals surface area contributed by atoms with E-state index in [4.69, 9.17) is 16.3 Å². The zero-order valence-electron chi connectivity index (χ0n) is 13.9. The van der Waals surface area contributed by atoms with Gasteiger partial charge in [-0.2, -0.15) is 18.3 Å². The van der Waals surface area contributed by atoms with E-state index in [0.717, 1.165) is 25.7 Å². The van der Waals surface area contributed by atoms with E-state index in [-0.39, 0.29) is 42.0 Å². The number of rotatable bonds is 6. The van der Waals surface area contributed by atoms with Crippen LogP contribution in [0, 0.1) is 0 Å². The van der Waals surface area contributed by atoms with Crippen LogP contribution in [0.5, 0.6) is 0 Å². The summed E-state index contributed by atoms with van der Waals surface area (Å²) < 4.78 is 45.8. The predicted octanol–water partition coefficient (Wildman–Crippen LogP) is 3.51. The zero-order chi connectivity index (χ0) is 18.2. The summed E-state index contributed by atoms with van der Waals surface area (Å²) in [5.74, 6) is -0.227. The number of halogens is 4. The van der Waals surface area contributed by atoms with Crippen LogP contribution in [0.25, 0.3) is 0 Å². The number of nitrogens with one attached hydrogen (secondary N) is 1. The fourth-order valence-electron chi connectivity index (χ4n) is 3.17. The molecule has 2 aliphatic rings. The number of hydrogen-bond acceptors (Lipinski definition) is 3. The molecule has 0 aromatic carbocycles. The smallest absolute Gasteiger partial charge is 0.376 e. The van der Waals surface area contributed by atoms with Crippen LogP contribution in [0.15, 0.2) is 0 Å². The van der Waals surface area contributed by atoms with Gasteiger partial charge in [-0.15, -0.1) is 0 Å². The van der Waals surface area contributed by atoms with Gasteiger partial charge in [0.1, 0.15) is 0 Å². The molecule has 0 radical (unpaired) electrons. The maximum Gasteiger partial charge on any atom is 0.436 e. The van der Waals surface area contributed by atoms with Gasteiger partial charge in [0.15, 0.2) is 5.69 Å². The lowest BCUT2D eigenvalue weighted by molar-refractivity contribution is -0.141. The van der Waals surface area contributed by atoms with Crippen LogP contribution in [0.1, 0.15) is 56.3 Å². The van der Waals surface area contributed by atoms with Crippen molar-refractivity contribution >= 4 is 17.5 Å². The van der Waals surface area contributed by atoms with Crippen molar-refractivity contribution < 1.29 is 22.7 Å². The van der Waals surface area contributed by atoms with Crippen molar-refractivity contribution in [1.29, 1.82) is 0 Å². The standard InChI is InChI=1S/C16H21ClF3N3O2/c1-9(11-3-2-8-25-11)21-12(24)6-7-23-14(10-4-5-10)13(17)15(22-23)16(18,19)20/h9-11H,2-8H2,1H3,(H,21,24)/t9-,11+/m1/s1. The zero-order valence-corrected chi connectivity index (χ0v) is 14.7. The van der Waals surface area contributed by atoms with Crippen molar-refractivity contribution in [3.63, 3.8) is 0 Å². The van der Waals surface area contributed by atoms with E-state index in [1.165, 1.54) is 4.68 Å². The van der Waals surface area contributed by atoms with Gasteiger partial charge >= 0.3 is 6.18 Å². The maximum absolute atomic E-state index is 13.0. The van der Waals surface area contributed by atoms with Crippen molar-refractivity contribution in [3.8, 4) is 0 Å². The van der Waals surface area contributed by atoms with Crippen LogP contribution < -0.4 is 5.32 Å². The molecule has 1 aromatic rings. The molecule has 1 aromatic heterocycles. The number of alkyl halides is 3. The first-order chi connectivity index (χ1) is 11.8. The average molecular weight is 380 g/mol. The number of ether oxygens (including phenoxy) is 1. The average Bonchev–Trinajstić information content (AvgIpc) is 3.08. The Morgan fingerprint density at radius 2 is 2.16 bits per heavy atom. The molecule has 2 atom stereocenters. The minimum atomic E-state index is -4.59. The summed E-state index contributed by atoms with van der Waals surface area (Å²) in [5, 5.41) is 6.14. The lowest BCUT2D eigenvalue weighted by Gasteiger charge is -2.20. The first-order valence-corrected chi connectivity index (χ1v) is 8.89. The Morgan fingerprint density at radius 1 is 1.44 bits per heavy atom. The number of carbonyl (C=O) groups excluding carboxylic acids is 1. The number of aromatic nitrogens is 2. The van der Waals surface area contributed by atoms with Gasteiger partial charge in [-0.1, -0.05) is 11.6 Å². The highest BCUT2D eigenvalue weighted by Crippen LogP contribution is 2.46. The van der Waals surface area contributed by atoms with Gasteiger partial charge in [0.05, 0.1) is 29.4 Å². The molecule has 1 N–H and O–H groups in total. The Hall–Kier alpha value is -1.28. The lowest BCUT2D eigenvalue weighted by atomic mass is 10.1. The molecule has 9 heteroatoms. The molecule has 5 nitrogen and oxygen atoms in total. The second kappa shape index (κ2) is 7.15. The molecule has 2 fully saturated rings. The summed E-state index contributed by atoms with van der Waals surface area (Å²) in [5.41, 5.74) is -0.668. The first kappa shape index (κ1) is 18.5. The number of amides is 1. The highest BCUT2D eigenvalue weighted by molar-refractivity contribution is 6.32. The van der Waals surface area contributed by atoms with E-state index in [0.29, 0.717) is 12.3 Å². The van der Waals surface area contributed by atoms with E-state index in [2.05, 4.69) is 10.4 Å². The quantitative estimate of drug-likeness (QED) is 0.823. The Kier molecular flexibility index (Phi) is 5.29. The van der Waals surface area contributed by atoms with Crippen molar-refractivity contribution in [2.45, 2.75) is 69.8 Å². The number of hydrogen-bond donors (Lipinski definition) is 1. The minimum Gasteiger partial charge on any atom is -0.376 e. The van der Waals surface area contributed by atoms with Crippen molar-refractivity contribution in [3.05, 3.63) is 16.4 Å². The fourth-order valence-corrected chi connectivity index (χ4v) is 3.57. The molecule has 1 saturated carbocycles. The molecular formula is C16H21ClF3N3O2. The van der Waals surface area contributed by atoms with Gasteiger partial charge in [0.2, 0.25) is 5.91 Å². The summed E-state index contributed by atoms with van der Waals surface area (Å²) in [7, 11) is 0. The molecule has 0 bridgehead atoms. The van der Waals surface area contributed by atoms with Crippen LogP contribution in [0.4, 0.5) is 13.2 Å². The third-order valence-electron chi connectivity index (χ3n) is 4.63.